The van der Waals surface area contributed by atoms with Gasteiger partial charge in [0.25, 0.3) is 5.69 Å². The van der Waals surface area contributed by atoms with Gasteiger partial charge >= 0.3 is 11.9 Å². The van der Waals surface area contributed by atoms with E-state index < -0.39 is 10.7 Å². The minimum absolute atomic E-state index is 0.0526. The molecular weight excluding hydrogens is 546 g/mol. The van der Waals surface area contributed by atoms with Crippen molar-refractivity contribution in [1.82, 2.24) is 0 Å². The highest BCUT2D eigenvalue weighted by Crippen LogP contribution is 2.34. The predicted molar refractivity (Wildman–Crippen MR) is 155 cm³/mol. The molecule has 2 aliphatic carbocycles. The molecule has 8 nitrogen and oxygen atoms in total. The lowest BCUT2D eigenvalue weighted by molar-refractivity contribution is -0.385. The number of nitrogen functional groups attached to an aromatic ring is 1. The third-order valence-corrected chi connectivity index (χ3v) is 8.30. The highest BCUT2D eigenvalue weighted by atomic mass is 19.1. The molecule has 0 saturated heterocycles. The van der Waals surface area contributed by atoms with Crippen LogP contribution < -0.4 is 5.73 Å². The Morgan fingerprint density at radius 2 is 1.21 bits per heavy atom. The second-order valence-electron chi connectivity index (χ2n) is 11.2. The monoisotopic (exact) mass is 588 g/mol. The number of esters is 2. The maximum absolute atomic E-state index is 13.1. The molecule has 2 aromatic rings. The number of hydrogen-bond acceptors (Lipinski definition) is 7. The summed E-state index contributed by atoms with van der Waals surface area (Å²) in [7, 11) is 0. The third kappa shape index (κ3) is 9.77. The number of hydrogen-bond donors (Lipinski definition) is 1. The SMILES string of the molecule is CCOC(=O)C1CCC(Cc2ccc(F)cc2N)CC1.CCOC(=O)C1CCC(Cc2ccc(F)cc2[N+](=O)[O-])CC1. The van der Waals surface area contributed by atoms with Gasteiger partial charge in [0.1, 0.15) is 11.6 Å². The van der Waals surface area contributed by atoms with Crippen LogP contribution in [0.4, 0.5) is 20.2 Å². The van der Waals surface area contributed by atoms with Crippen molar-refractivity contribution in [2.24, 2.45) is 23.7 Å². The van der Waals surface area contributed by atoms with Crippen LogP contribution in [0.25, 0.3) is 0 Å². The summed E-state index contributed by atoms with van der Waals surface area (Å²) in [6.07, 6.45) is 8.33. The van der Waals surface area contributed by atoms with E-state index in [9.17, 15) is 28.5 Å². The fourth-order valence-electron chi connectivity index (χ4n) is 5.98. The molecule has 42 heavy (non-hydrogen) atoms. The first-order valence-corrected chi connectivity index (χ1v) is 14.9. The van der Waals surface area contributed by atoms with Gasteiger partial charge in [-0.15, -0.1) is 0 Å². The summed E-state index contributed by atoms with van der Waals surface area (Å²) in [5, 5.41) is 11.0. The molecule has 2 N–H and O–H groups in total. The van der Waals surface area contributed by atoms with Crippen molar-refractivity contribution in [3.8, 4) is 0 Å². The molecule has 0 unspecified atom stereocenters. The van der Waals surface area contributed by atoms with Crippen molar-refractivity contribution in [3.63, 3.8) is 0 Å². The highest BCUT2D eigenvalue weighted by Gasteiger charge is 2.29. The van der Waals surface area contributed by atoms with E-state index in [1.54, 1.807) is 13.0 Å². The minimum atomic E-state index is -0.596. The average Bonchev–Trinajstić information content (AvgIpc) is 2.97. The van der Waals surface area contributed by atoms with E-state index in [-0.39, 0.29) is 41.2 Å². The van der Waals surface area contributed by atoms with Gasteiger partial charge in [-0.2, -0.15) is 0 Å². The van der Waals surface area contributed by atoms with Crippen LogP contribution in [0.3, 0.4) is 0 Å². The van der Waals surface area contributed by atoms with Crippen LogP contribution in [0.5, 0.6) is 0 Å². The van der Waals surface area contributed by atoms with Crippen molar-refractivity contribution < 1.29 is 32.8 Å². The average molecular weight is 589 g/mol. The molecule has 0 bridgehead atoms. The van der Waals surface area contributed by atoms with Crippen LogP contribution in [0.2, 0.25) is 0 Å². The zero-order valence-corrected chi connectivity index (χ0v) is 24.5. The molecule has 0 atom stereocenters. The van der Waals surface area contributed by atoms with Gasteiger partial charge in [-0.3, -0.25) is 19.7 Å². The Balaban J connectivity index is 0.000000231. The molecule has 2 aliphatic rings. The lowest BCUT2D eigenvalue weighted by Gasteiger charge is -2.27. The number of benzene rings is 2. The van der Waals surface area contributed by atoms with E-state index >= 15 is 0 Å². The molecule has 0 spiro atoms. The number of nitrogens with zero attached hydrogens (tertiary/aromatic N) is 1. The quantitative estimate of drug-likeness (QED) is 0.145. The number of nitrogens with two attached hydrogens (primary N) is 1. The minimum Gasteiger partial charge on any atom is -0.466 e. The van der Waals surface area contributed by atoms with Gasteiger partial charge in [-0.1, -0.05) is 6.07 Å². The molecule has 0 aromatic heterocycles. The molecule has 0 aliphatic heterocycles. The van der Waals surface area contributed by atoms with E-state index in [0.29, 0.717) is 36.8 Å². The Kier molecular flexibility index (Phi) is 12.7. The molecule has 0 radical (unpaired) electrons. The lowest BCUT2D eigenvalue weighted by atomic mass is 9.79. The van der Waals surface area contributed by atoms with Crippen LogP contribution >= 0.6 is 0 Å². The number of ether oxygens (including phenoxy) is 2. The maximum Gasteiger partial charge on any atom is 0.308 e. The number of carbonyl (C=O) groups excluding carboxylic acids is 2. The molecule has 2 saturated carbocycles. The molecule has 0 heterocycles. The van der Waals surface area contributed by atoms with Gasteiger partial charge in [0, 0.05) is 11.3 Å². The second-order valence-corrected chi connectivity index (χ2v) is 11.2. The van der Waals surface area contributed by atoms with E-state index in [1.165, 1.54) is 24.3 Å². The van der Waals surface area contributed by atoms with Crippen molar-refractivity contribution in [1.29, 1.82) is 0 Å². The topological polar surface area (TPSA) is 122 Å². The Morgan fingerprint density at radius 1 is 0.786 bits per heavy atom. The number of nitro groups is 1. The normalized spacial score (nSPS) is 21.9. The first-order valence-electron chi connectivity index (χ1n) is 14.9. The maximum atomic E-state index is 13.1. The number of rotatable bonds is 9. The largest absolute Gasteiger partial charge is 0.466 e. The fraction of sp³-hybridized carbons (Fsp3) is 0.562. The van der Waals surface area contributed by atoms with Crippen LogP contribution in [0.15, 0.2) is 36.4 Å². The smallest absolute Gasteiger partial charge is 0.308 e. The molecule has 4 rings (SSSR count). The summed E-state index contributed by atoms with van der Waals surface area (Å²) >= 11 is 0. The molecule has 10 heteroatoms. The van der Waals surface area contributed by atoms with Crippen LogP contribution in [0, 0.1) is 45.4 Å². The molecule has 0 amide bonds. The zero-order valence-electron chi connectivity index (χ0n) is 24.5. The summed E-state index contributed by atoms with van der Waals surface area (Å²) in [4.78, 5) is 33.8. The summed E-state index contributed by atoms with van der Waals surface area (Å²) < 4.78 is 36.2. The van der Waals surface area contributed by atoms with Gasteiger partial charge in [0.2, 0.25) is 0 Å². The number of anilines is 1. The summed E-state index contributed by atoms with van der Waals surface area (Å²) in [6.45, 7) is 4.46. The first-order chi connectivity index (χ1) is 20.1. The summed E-state index contributed by atoms with van der Waals surface area (Å²) in [5.74, 6) is -0.292. The van der Waals surface area contributed by atoms with Gasteiger partial charge in [-0.05, 0) is 120 Å². The van der Waals surface area contributed by atoms with Gasteiger partial charge < -0.3 is 15.2 Å². The fourth-order valence-corrected chi connectivity index (χ4v) is 5.98. The number of halogens is 2. The van der Waals surface area contributed by atoms with Gasteiger partial charge in [0.05, 0.1) is 36.0 Å². The van der Waals surface area contributed by atoms with Gasteiger partial charge in [-0.25, -0.2) is 8.78 Å². The molecular formula is C32H42F2N2O6. The van der Waals surface area contributed by atoms with E-state index in [1.807, 2.05) is 6.92 Å². The Morgan fingerprint density at radius 3 is 1.64 bits per heavy atom. The zero-order chi connectivity index (χ0) is 30.6. The Bertz CT molecular complexity index is 1210. The van der Waals surface area contributed by atoms with Crippen molar-refractivity contribution in [2.75, 3.05) is 18.9 Å². The van der Waals surface area contributed by atoms with Crippen molar-refractivity contribution in [2.45, 2.75) is 78.1 Å². The number of carbonyl (C=O) groups is 2. The van der Waals surface area contributed by atoms with Crippen molar-refractivity contribution >= 4 is 23.3 Å². The van der Waals surface area contributed by atoms with Gasteiger partial charge in [0.15, 0.2) is 0 Å². The standard InChI is InChI=1S/C16H20FNO4.C16H22FNO2/c1-2-22-16(19)12-5-3-11(4-6-12)9-13-7-8-14(17)10-15(13)18(20)21;1-2-20-16(19)12-5-3-11(4-6-12)9-13-7-8-14(17)10-15(13)18/h7-8,10-12H,2-6,9H2,1H3;7-8,10-12H,2-6,9,18H2,1H3. The molecule has 2 aromatic carbocycles. The van der Waals surface area contributed by atoms with Crippen LogP contribution in [0.1, 0.15) is 76.3 Å². The van der Waals surface area contributed by atoms with E-state index in [4.69, 9.17) is 15.2 Å². The van der Waals surface area contributed by atoms with Crippen molar-refractivity contribution in [3.05, 3.63) is 69.3 Å². The predicted octanol–water partition coefficient (Wildman–Crippen LogP) is 6.97. The Labute approximate surface area is 246 Å². The molecule has 230 valence electrons. The summed E-state index contributed by atoms with van der Waals surface area (Å²) in [6, 6.07) is 8.31. The lowest BCUT2D eigenvalue weighted by Crippen LogP contribution is -2.24. The summed E-state index contributed by atoms with van der Waals surface area (Å²) in [5.41, 5.74) is 7.77. The van der Waals surface area contributed by atoms with Crippen LogP contribution in [-0.2, 0) is 31.9 Å². The Hall–Kier alpha value is -3.56. The third-order valence-electron chi connectivity index (χ3n) is 8.30. The van der Waals surface area contributed by atoms with E-state index in [2.05, 4.69) is 0 Å². The second kappa shape index (κ2) is 16.2. The first kappa shape index (κ1) is 32.9. The van der Waals surface area contributed by atoms with Crippen LogP contribution in [-0.4, -0.2) is 30.1 Å². The number of nitro benzene ring substituents is 1. The van der Waals surface area contributed by atoms with E-state index in [0.717, 1.165) is 69.4 Å². The highest BCUT2D eigenvalue weighted by molar-refractivity contribution is 5.72. The molecule has 2 fully saturated rings.